The molecule has 0 bridgehead atoms. The zero-order valence-corrected chi connectivity index (χ0v) is 17.9. The molecule has 0 unspecified atom stereocenters. The second kappa shape index (κ2) is 8.66. The molecule has 1 N–H and O–H groups in total. The lowest BCUT2D eigenvalue weighted by atomic mass is 10.0. The van der Waals surface area contributed by atoms with Crippen molar-refractivity contribution in [2.45, 2.75) is 40.0 Å². The summed E-state index contributed by atoms with van der Waals surface area (Å²) < 4.78 is 2.15. The fourth-order valence-corrected chi connectivity index (χ4v) is 3.61. The van der Waals surface area contributed by atoms with Gasteiger partial charge in [0, 0.05) is 24.1 Å². The van der Waals surface area contributed by atoms with Gasteiger partial charge in [0.05, 0.1) is 22.9 Å². The highest BCUT2D eigenvalue weighted by Crippen LogP contribution is 2.29. The van der Waals surface area contributed by atoms with E-state index in [2.05, 4.69) is 36.6 Å². The van der Waals surface area contributed by atoms with E-state index >= 15 is 0 Å². The number of nitrogens with zero attached hydrogens (tertiary/aromatic N) is 3. The van der Waals surface area contributed by atoms with E-state index in [4.69, 9.17) is 9.97 Å². The first-order valence-corrected chi connectivity index (χ1v) is 10.7. The van der Waals surface area contributed by atoms with Crippen LogP contribution in [-0.4, -0.2) is 26.7 Å². The van der Waals surface area contributed by atoms with Crippen LogP contribution < -0.4 is 5.32 Å². The number of unbranched alkanes of at least 4 members (excludes halogenated alkanes) is 1. The number of anilines is 1. The summed E-state index contributed by atoms with van der Waals surface area (Å²) in [5.41, 5.74) is 5.53. The van der Waals surface area contributed by atoms with E-state index in [1.54, 1.807) is 0 Å². The lowest BCUT2D eigenvalue weighted by Crippen LogP contribution is -2.11. The molecule has 2 aromatic heterocycles. The van der Waals surface area contributed by atoms with Crippen LogP contribution in [0.3, 0.4) is 0 Å². The van der Waals surface area contributed by atoms with Crippen LogP contribution in [0.1, 0.15) is 50.4 Å². The van der Waals surface area contributed by atoms with Crippen molar-refractivity contribution in [2.24, 2.45) is 5.92 Å². The number of nitrogens with one attached hydrogen (secondary N) is 1. The Bertz CT molecular complexity index is 1180. The van der Waals surface area contributed by atoms with Crippen LogP contribution in [0, 0.1) is 5.92 Å². The quantitative estimate of drug-likeness (QED) is 0.369. The number of hydrogen-bond acceptors (Lipinski definition) is 4. The van der Waals surface area contributed by atoms with E-state index < -0.39 is 0 Å². The number of aromatic nitrogens is 3. The van der Waals surface area contributed by atoms with Gasteiger partial charge in [-0.15, -0.1) is 0 Å². The summed E-state index contributed by atoms with van der Waals surface area (Å²) in [6.07, 6.45) is 4.45. The Morgan fingerprint density at radius 3 is 2.60 bits per heavy atom. The van der Waals surface area contributed by atoms with Crippen LogP contribution in [0.2, 0.25) is 0 Å². The van der Waals surface area contributed by atoms with Crippen molar-refractivity contribution >= 4 is 28.3 Å². The standard InChI is InChI=1S/C25H28N4O/c1-4-5-10-23(30)19-13-11-18(12-14-19)22-16-27-25-24(26-15-17(2)3)28-20-8-6-7-9-21(20)29(22)25/h6-9,11-14,16-17H,4-5,10,15H2,1-3H3,(H,26,28). The number of rotatable bonds is 8. The molecular formula is C25H28N4O. The van der Waals surface area contributed by atoms with E-state index in [9.17, 15) is 4.79 Å². The van der Waals surface area contributed by atoms with Crippen LogP contribution in [0.4, 0.5) is 5.82 Å². The highest BCUT2D eigenvalue weighted by atomic mass is 16.1. The van der Waals surface area contributed by atoms with E-state index in [1.807, 2.05) is 48.7 Å². The SMILES string of the molecule is CCCCC(=O)c1ccc(-c2cnc3c(NCC(C)C)nc4ccccc4n23)cc1. The molecule has 2 aromatic carbocycles. The molecule has 4 aromatic rings. The molecule has 0 aliphatic rings. The maximum Gasteiger partial charge on any atom is 0.181 e. The number of para-hydroxylation sites is 2. The van der Waals surface area contributed by atoms with Gasteiger partial charge in [0.1, 0.15) is 0 Å². The third kappa shape index (κ3) is 3.92. The molecule has 0 saturated carbocycles. The van der Waals surface area contributed by atoms with Gasteiger partial charge in [0.2, 0.25) is 0 Å². The smallest absolute Gasteiger partial charge is 0.181 e. The first-order valence-electron chi connectivity index (χ1n) is 10.7. The fraction of sp³-hybridized carbons (Fsp3) is 0.320. The Labute approximate surface area is 177 Å². The summed E-state index contributed by atoms with van der Waals surface area (Å²) in [5.74, 6) is 1.50. The molecule has 0 aliphatic carbocycles. The third-order valence-electron chi connectivity index (χ3n) is 5.27. The fourth-order valence-electron chi connectivity index (χ4n) is 3.61. The van der Waals surface area contributed by atoms with Crippen molar-refractivity contribution in [1.82, 2.24) is 14.4 Å². The minimum atomic E-state index is 0.205. The molecule has 0 atom stereocenters. The number of fused-ring (bicyclic) bond motifs is 3. The van der Waals surface area contributed by atoms with Crippen LogP contribution in [0.5, 0.6) is 0 Å². The molecular weight excluding hydrogens is 372 g/mol. The van der Waals surface area contributed by atoms with E-state index in [0.29, 0.717) is 12.3 Å². The minimum absolute atomic E-state index is 0.205. The normalized spacial score (nSPS) is 11.5. The van der Waals surface area contributed by atoms with Crippen molar-refractivity contribution < 1.29 is 4.79 Å². The van der Waals surface area contributed by atoms with Crippen molar-refractivity contribution in [1.29, 1.82) is 0 Å². The summed E-state index contributed by atoms with van der Waals surface area (Å²) in [6.45, 7) is 7.28. The van der Waals surface area contributed by atoms with Crippen molar-refractivity contribution in [3.05, 3.63) is 60.3 Å². The maximum absolute atomic E-state index is 12.3. The predicted octanol–water partition coefficient (Wildman–Crippen LogP) is 5.99. The highest BCUT2D eigenvalue weighted by Gasteiger charge is 2.15. The van der Waals surface area contributed by atoms with Crippen molar-refractivity contribution in [3.63, 3.8) is 0 Å². The van der Waals surface area contributed by atoms with Gasteiger partial charge in [-0.1, -0.05) is 63.6 Å². The lowest BCUT2D eigenvalue weighted by molar-refractivity contribution is 0.0980. The zero-order chi connectivity index (χ0) is 21.1. The van der Waals surface area contributed by atoms with Crippen LogP contribution in [0.25, 0.3) is 27.9 Å². The Morgan fingerprint density at radius 1 is 1.10 bits per heavy atom. The minimum Gasteiger partial charge on any atom is -0.367 e. The molecule has 30 heavy (non-hydrogen) atoms. The largest absolute Gasteiger partial charge is 0.367 e. The maximum atomic E-state index is 12.3. The zero-order valence-electron chi connectivity index (χ0n) is 17.9. The van der Waals surface area contributed by atoms with Crippen molar-refractivity contribution in [3.8, 4) is 11.3 Å². The van der Waals surface area contributed by atoms with Gasteiger partial charge in [0.15, 0.2) is 17.2 Å². The van der Waals surface area contributed by atoms with Crippen molar-refractivity contribution in [2.75, 3.05) is 11.9 Å². The van der Waals surface area contributed by atoms with E-state index in [-0.39, 0.29) is 5.78 Å². The molecule has 5 heteroatoms. The average molecular weight is 401 g/mol. The van der Waals surface area contributed by atoms with Gasteiger partial charge in [-0.25, -0.2) is 9.97 Å². The molecule has 0 radical (unpaired) electrons. The van der Waals surface area contributed by atoms with Gasteiger partial charge in [-0.3, -0.25) is 9.20 Å². The summed E-state index contributed by atoms with van der Waals surface area (Å²) in [6, 6.07) is 16.0. The molecule has 0 amide bonds. The molecule has 2 heterocycles. The highest BCUT2D eigenvalue weighted by molar-refractivity contribution is 5.96. The van der Waals surface area contributed by atoms with E-state index in [0.717, 1.165) is 58.7 Å². The second-order valence-corrected chi connectivity index (χ2v) is 8.13. The van der Waals surface area contributed by atoms with Crippen LogP contribution in [-0.2, 0) is 0 Å². The molecule has 0 aliphatic heterocycles. The van der Waals surface area contributed by atoms with Gasteiger partial charge >= 0.3 is 0 Å². The lowest BCUT2D eigenvalue weighted by Gasteiger charge is -2.12. The summed E-state index contributed by atoms with van der Waals surface area (Å²) in [4.78, 5) is 21.8. The first-order chi connectivity index (χ1) is 14.6. The summed E-state index contributed by atoms with van der Waals surface area (Å²) in [5, 5.41) is 3.45. The number of benzene rings is 2. The number of carbonyl (C=O) groups is 1. The number of ketones is 1. The molecule has 5 nitrogen and oxygen atoms in total. The topological polar surface area (TPSA) is 59.3 Å². The number of hydrogen-bond donors (Lipinski definition) is 1. The van der Waals surface area contributed by atoms with E-state index in [1.165, 1.54) is 0 Å². The Kier molecular flexibility index (Phi) is 5.79. The number of imidazole rings is 1. The van der Waals surface area contributed by atoms with Gasteiger partial charge < -0.3 is 5.32 Å². The Hall–Kier alpha value is -3.21. The molecule has 0 saturated heterocycles. The van der Waals surface area contributed by atoms with Gasteiger partial charge in [0.25, 0.3) is 0 Å². The molecule has 154 valence electrons. The first kappa shape index (κ1) is 20.1. The number of carbonyl (C=O) groups excluding carboxylic acids is 1. The predicted molar refractivity (Wildman–Crippen MR) is 123 cm³/mol. The van der Waals surface area contributed by atoms with Gasteiger partial charge in [-0.2, -0.15) is 0 Å². The average Bonchev–Trinajstić information content (AvgIpc) is 3.21. The summed E-state index contributed by atoms with van der Waals surface area (Å²) >= 11 is 0. The van der Waals surface area contributed by atoms with Crippen LogP contribution in [0.15, 0.2) is 54.7 Å². The number of Topliss-reactive ketones (excluding diaryl/α,β-unsaturated/α-hetero) is 1. The van der Waals surface area contributed by atoms with Crippen LogP contribution >= 0.6 is 0 Å². The Morgan fingerprint density at radius 2 is 1.87 bits per heavy atom. The van der Waals surface area contributed by atoms with Gasteiger partial charge in [-0.05, 0) is 24.5 Å². The molecule has 0 fully saturated rings. The monoisotopic (exact) mass is 400 g/mol. The third-order valence-corrected chi connectivity index (χ3v) is 5.27. The molecule has 0 spiro atoms. The second-order valence-electron chi connectivity index (χ2n) is 8.13. The molecule has 4 rings (SSSR count). The Balaban J connectivity index is 1.79. The summed E-state index contributed by atoms with van der Waals surface area (Å²) in [7, 11) is 0.